The molecule has 42 heavy (non-hydrogen) atoms. The Morgan fingerprint density at radius 3 is 2.36 bits per heavy atom. The van der Waals surface area contributed by atoms with Gasteiger partial charge < -0.3 is 35.5 Å². The van der Waals surface area contributed by atoms with E-state index in [0.717, 1.165) is 18.9 Å². The summed E-state index contributed by atoms with van der Waals surface area (Å²) in [4.78, 5) is 22.0. The Morgan fingerprint density at radius 1 is 1.10 bits per heavy atom. The van der Waals surface area contributed by atoms with Crippen molar-refractivity contribution >= 4 is 27.8 Å². The molecule has 13 heteroatoms. The van der Waals surface area contributed by atoms with Gasteiger partial charge in [-0.05, 0) is 42.2 Å². The summed E-state index contributed by atoms with van der Waals surface area (Å²) >= 11 is 0. The van der Waals surface area contributed by atoms with E-state index in [0.29, 0.717) is 18.9 Å². The second-order valence-electron chi connectivity index (χ2n) is 10.8. The van der Waals surface area contributed by atoms with Gasteiger partial charge in [-0.3, -0.25) is 4.79 Å². The maximum absolute atomic E-state index is 13.5. The van der Waals surface area contributed by atoms with E-state index in [2.05, 4.69) is 5.32 Å². The summed E-state index contributed by atoms with van der Waals surface area (Å²) < 4.78 is 45.0. The molecular formula is C29H41N3O9S. The van der Waals surface area contributed by atoms with E-state index in [-0.39, 0.29) is 48.6 Å². The average molecular weight is 608 g/mol. The van der Waals surface area contributed by atoms with Crippen LogP contribution in [0.15, 0.2) is 59.5 Å². The predicted molar refractivity (Wildman–Crippen MR) is 155 cm³/mol. The second-order valence-corrected chi connectivity index (χ2v) is 12.7. The van der Waals surface area contributed by atoms with Crippen molar-refractivity contribution < 1.29 is 42.4 Å². The Bertz CT molecular complexity index is 1250. The zero-order valence-electron chi connectivity index (χ0n) is 24.1. The SMILES string of the molecule is CC(=O)O.CC(C)CN(C[C@@H](O)[C@H](Cc1ccccc1)OC(=O)N[C@@H]1CO[C@@H]2OCC[C@@H]21)S(=O)(=O)c1ccc(N)cc1. The predicted octanol–water partition coefficient (Wildman–Crippen LogP) is 2.47. The minimum Gasteiger partial charge on any atom is -0.481 e. The molecule has 5 N–H and O–H groups in total. The number of nitrogens with two attached hydrogens (primary N) is 1. The second kappa shape index (κ2) is 15.3. The molecule has 1 amide bonds. The molecule has 5 atom stereocenters. The van der Waals surface area contributed by atoms with Gasteiger partial charge in [0.2, 0.25) is 10.0 Å². The fourth-order valence-electron chi connectivity index (χ4n) is 4.83. The van der Waals surface area contributed by atoms with Gasteiger partial charge in [0.1, 0.15) is 12.2 Å². The van der Waals surface area contributed by atoms with Crippen molar-refractivity contribution in [2.75, 3.05) is 32.0 Å². The average Bonchev–Trinajstić information content (AvgIpc) is 3.53. The van der Waals surface area contributed by atoms with Gasteiger partial charge in [-0.15, -0.1) is 0 Å². The number of fused-ring (bicyclic) bond motifs is 1. The topological polar surface area (TPSA) is 178 Å². The lowest BCUT2D eigenvalue weighted by Crippen LogP contribution is -2.48. The standard InChI is InChI=1S/C27H37N3O7S.C2H4O2/c1-18(2)15-30(38(33,34)21-10-8-20(28)9-11-21)16-24(31)25(14-19-6-4-3-5-7-19)37-27(32)29-23-17-36-26-22(23)12-13-35-26;1-2(3)4/h3-11,18,22-26,31H,12-17,28H2,1-2H3,(H,29,32);1H3,(H,3,4)/t22-,23-,24-,25+,26+;/m1./s1. The maximum atomic E-state index is 13.5. The maximum Gasteiger partial charge on any atom is 0.407 e. The molecule has 0 bridgehead atoms. The smallest absolute Gasteiger partial charge is 0.407 e. The Morgan fingerprint density at radius 2 is 1.74 bits per heavy atom. The molecule has 2 fully saturated rings. The van der Waals surface area contributed by atoms with Gasteiger partial charge >= 0.3 is 6.09 Å². The number of amides is 1. The number of carboxylic acid groups (broad SMARTS) is 1. The fraction of sp³-hybridized carbons (Fsp3) is 0.517. The van der Waals surface area contributed by atoms with Gasteiger partial charge in [0.25, 0.3) is 5.97 Å². The lowest BCUT2D eigenvalue weighted by atomic mass is 10.0. The highest BCUT2D eigenvalue weighted by molar-refractivity contribution is 7.89. The highest BCUT2D eigenvalue weighted by Gasteiger charge is 2.43. The molecule has 0 radical (unpaired) electrons. The van der Waals surface area contributed by atoms with Crippen molar-refractivity contribution in [2.24, 2.45) is 11.8 Å². The number of nitrogens with zero attached hydrogens (tertiary/aromatic N) is 1. The minimum atomic E-state index is -3.94. The number of alkyl carbamates (subject to hydrolysis) is 1. The lowest BCUT2D eigenvalue weighted by Gasteiger charge is -2.30. The van der Waals surface area contributed by atoms with Gasteiger partial charge in [0.05, 0.1) is 24.2 Å². The van der Waals surface area contributed by atoms with Gasteiger partial charge in [0.15, 0.2) is 6.29 Å². The van der Waals surface area contributed by atoms with Crippen LogP contribution in [0, 0.1) is 11.8 Å². The molecule has 2 aromatic rings. The van der Waals surface area contributed by atoms with Crippen LogP contribution < -0.4 is 11.1 Å². The van der Waals surface area contributed by atoms with Gasteiger partial charge in [-0.1, -0.05) is 44.2 Å². The van der Waals surface area contributed by atoms with Gasteiger partial charge in [0, 0.05) is 38.0 Å². The summed E-state index contributed by atoms with van der Waals surface area (Å²) in [5.74, 6) is -0.793. The number of ether oxygens (including phenoxy) is 3. The number of nitrogens with one attached hydrogen (secondary N) is 1. The van der Waals surface area contributed by atoms with E-state index in [4.69, 9.17) is 29.8 Å². The lowest BCUT2D eigenvalue weighted by molar-refractivity contribution is -0.134. The van der Waals surface area contributed by atoms with E-state index >= 15 is 0 Å². The number of hydrogen-bond donors (Lipinski definition) is 4. The first-order chi connectivity index (χ1) is 19.9. The highest BCUT2D eigenvalue weighted by Crippen LogP contribution is 2.31. The van der Waals surface area contributed by atoms with Gasteiger partial charge in [-0.2, -0.15) is 4.31 Å². The zero-order valence-corrected chi connectivity index (χ0v) is 24.9. The number of rotatable bonds is 11. The fourth-order valence-corrected chi connectivity index (χ4v) is 6.45. The summed E-state index contributed by atoms with van der Waals surface area (Å²) in [6, 6.07) is 15.0. The summed E-state index contributed by atoms with van der Waals surface area (Å²) in [5, 5.41) is 21.6. The number of aliphatic hydroxyl groups is 1. The minimum absolute atomic E-state index is 0.00788. The number of anilines is 1. The van der Waals surface area contributed by atoms with E-state index in [1.807, 2.05) is 44.2 Å². The Hall–Kier alpha value is -3.23. The van der Waals surface area contributed by atoms with Crippen molar-refractivity contribution in [1.29, 1.82) is 0 Å². The first-order valence-corrected chi connectivity index (χ1v) is 15.3. The van der Waals surface area contributed by atoms with Crippen LogP contribution in [0.4, 0.5) is 10.5 Å². The number of hydrogen-bond acceptors (Lipinski definition) is 9. The molecule has 0 unspecified atom stereocenters. The molecular weight excluding hydrogens is 566 g/mol. The number of carbonyl (C=O) groups excluding carboxylic acids is 1. The zero-order chi connectivity index (χ0) is 30.9. The van der Waals surface area contributed by atoms with E-state index in [1.165, 1.54) is 28.6 Å². The molecule has 12 nitrogen and oxygen atoms in total. The molecule has 2 aliphatic rings. The van der Waals surface area contributed by atoms with Crippen LogP contribution in [0.25, 0.3) is 0 Å². The Kier molecular flexibility index (Phi) is 12.1. The summed E-state index contributed by atoms with van der Waals surface area (Å²) in [6.45, 7) is 5.70. The van der Waals surface area contributed by atoms with Gasteiger partial charge in [-0.25, -0.2) is 13.2 Å². The molecule has 0 aromatic heterocycles. The van der Waals surface area contributed by atoms with Crippen molar-refractivity contribution in [3.05, 3.63) is 60.2 Å². The number of benzene rings is 2. The molecule has 0 saturated carbocycles. The summed E-state index contributed by atoms with van der Waals surface area (Å²) in [7, 11) is -3.94. The summed E-state index contributed by atoms with van der Waals surface area (Å²) in [6.07, 6.45) is -2.31. The van der Waals surface area contributed by atoms with Crippen LogP contribution in [-0.2, 0) is 35.4 Å². The molecule has 0 spiro atoms. The number of carbonyl (C=O) groups is 2. The molecule has 4 rings (SSSR count). The highest BCUT2D eigenvalue weighted by atomic mass is 32.2. The first-order valence-electron chi connectivity index (χ1n) is 13.8. The van der Waals surface area contributed by atoms with E-state index in [1.54, 1.807) is 0 Å². The Balaban J connectivity index is 0.00000114. The molecule has 2 saturated heterocycles. The third-order valence-electron chi connectivity index (χ3n) is 6.79. The molecule has 2 aromatic carbocycles. The van der Waals surface area contributed by atoms with E-state index in [9.17, 15) is 18.3 Å². The summed E-state index contributed by atoms with van der Waals surface area (Å²) in [5.41, 5.74) is 7.03. The number of nitrogen functional groups attached to an aromatic ring is 1. The van der Waals surface area contributed by atoms with Crippen LogP contribution in [0.5, 0.6) is 0 Å². The monoisotopic (exact) mass is 607 g/mol. The normalized spacial score (nSPS) is 21.2. The number of sulfonamides is 1. The molecule has 232 valence electrons. The van der Waals surface area contributed by atoms with Crippen molar-refractivity contribution in [3.63, 3.8) is 0 Å². The number of carboxylic acids is 1. The molecule has 0 aliphatic carbocycles. The van der Waals surface area contributed by atoms with Crippen molar-refractivity contribution in [2.45, 2.75) is 63.0 Å². The van der Waals surface area contributed by atoms with Crippen LogP contribution in [0.3, 0.4) is 0 Å². The number of aliphatic hydroxyl groups excluding tert-OH is 1. The first kappa shape index (κ1) is 33.3. The van der Waals surface area contributed by atoms with E-state index < -0.39 is 34.3 Å². The van der Waals surface area contributed by atoms with Crippen LogP contribution in [-0.4, -0.2) is 85.8 Å². The van der Waals surface area contributed by atoms with Crippen molar-refractivity contribution in [3.8, 4) is 0 Å². The molecule has 2 aliphatic heterocycles. The largest absolute Gasteiger partial charge is 0.481 e. The molecule has 2 heterocycles. The quantitative estimate of drug-likeness (QED) is 0.277. The van der Waals surface area contributed by atoms with Crippen molar-refractivity contribution in [1.82, 2.24) is 9.62 Å². The van der Waals surface area contributed by atoms with Crippen LogP contribution in [0.1, 0.15) is 32.8 Å². The Labute approximate surface area is 246 Å². The third kappa shape index (κ3) is 9.66. The van der Waals surface area contributed by atoms with Crippen LogP contribution in [0.2, 0.25) is 0 Å². The third-order valence-corrected chi connectivity index (χ3v) is 8.63. The van der Waals surface area contributed by atoms with Crippen LogP contribution >= 0.6 is 0 Å². The number of aliphatic carboxylic acids is 1.